The third-order valence-electron chi connectivity index (χ3n) is 5.42. The molecule has 0 saturated carbocycles. The molecule has 1 saturated heterocycles. The lowest BCUT2D eigenvalue weighted by atomic mass is 9.95. The fourth-order valence-corrected chi connectivity index (χ4v) is 4.09. The van der Waals surface area contributed by atoms with Crippen LogP contribution in [-0.4, -0.2) is 34.9 Å². The second-order valence-corrected chi connectivity index (χ2v) is 7.77. The number of hydrogen-bond donors (Lipinski definition) is 1. The molecule has 0 spiro atoms. The number of ketones is 1. The zero-order valence-electron chi connectivity index (χ0n) is 16.4. The minimum atomic E-state index is -0.0197. The summed E-state index contributed by atoms with van der Waals surface area (Å²) in [5.74, 6) is 0.506. The van der Waals surface area contributed by atoms with Gasteiger partial charge < -0.3 is 15.1 Å². The number of nitrogens with two attached hydrogens (primary N) is 1. The van der Waals surface area contributed by atoms with Crippen LogP contribution in [0.5, 0.6) is 0 Å². The Morgan fingerprint density at radius 2 is 2.14 bits per heavy atom. The summed E-state index contributed by atoms with van der Waals surface area (Å²) in [4.78, 5) is 24.1. The number of piperidine rings is 1. The van der Waals surface area contributed by atoms with Crippen molar-refractivity contribution >= 4 is 22.6 Å². The van der Waals surface area contributed by atoms with Crippen molar-refractivity contribution < 1.29 is 9.21 Å². The average Bonchev–Trinajstić information content (AvgIpc) is 3.10. The second kappa shape index (κ2) is 7.72. The SMILES string of the molecule is CCc1coc2ccc(C(=O)Cc3cnccc3N3C[C@H](C)C[C@H](N)C3)nc12. The molecule has 0 aliphatic carbocycles. The third kappa shape index (κ3) is 3.64. The van der Waals surface area contributed by atoms with Crippen LogP contribution in [0.4, 0.5) is 5.69 Å². The first-order chi connectivity index (χ1) is 13.5. The Balaban J connectivity index is 1.60. The summed E-state index contributed by atoms with van der Waals surface area (Å²) in [5, 5.41) is 0. The van der Waals surface area contributed by atoms with Gasteiger partial charge in [-0.2, -0.15) is 0 Å². The highest BCUT2D eigenvalue weighted by molar-refractivity contribution is 5.98. The van der Waals surface area contributed by atoms with E-state index in [-0.39, 0.29) is 18.2 Å². The van der Waals surface area contributed by atoms with Crippen LogP contribution in [0.3, 0.4) is 0 Å². The van der Waals surface area contributed by atoms with Crippen molar-refractivity contribution in [2.75, 3.05) is 18.0 Å². The Bertz CT molecular complexity index is 987. The van der Waals surface area contributed by atoms with Gasteiger partial charge in [0.25, 0.3) is 0 Å². The van der Waals surface area contributed by atoms with E-state index in [4.69, 9.17) is 10.2 Å². The molecule has 1 aliphatic rings. The standard InChI is InChI=1S/C22H26N4O2/c1-3-15-13-28-21-5-4-18(25-22(15)21)20(27)9-16-10-24-7-6-19(16)26-11-14(2)8-17(23)12-26/h4-7,10,13-14,17H,3,8-9,11-12,23H2,1-2H3/t14-,17+/m1/s1. The highest BCUT2D eigenvalue weighted by Gasteiger charge is 2.24. The molecule has 0 radical (unpaired) electrons. The van der Waals surface area contributed by atoms with Gasteiger partial charge in [-0.25, -0.2) is 4.98 Å². The zero-order chi connectivity index (χ0) is 19.7. The van der Waals surface area contributed by atoms with Gasteiger partial charge in [0, 0.05) is 54.8 Å². The van der Waals surface area contributed by atoms with Crippen molar-refractivity contribution in [3.8, 4) is 0 Å². The maximum absolute atomic E-state index is 13.0. The number of pyridine rings is 2. The normalized spacial score (nSPS) is 19.9. The van der Waals surface area contributed by atoms with Gasteiger partial charge in [-0.05, 0) is 37.0 Å². The van der Waals surface area contributed by atoms with Crippen LogP contribution in [0.15, 0.2) is 41.3 Å². The van der Waals surface area contributed by atoms with Crippen molar-refractivity contribution in [1.82, 2.24) is 9.97 Å². The summed E-state index contributed by atoms with van der Waals surface area (Å²) in [5.41, 5.74) is 11.1. The summed E-state index contributed by atoms with van der Waals surface area (Å²) in [6.07, 6.45) is 7.39. The number of rotatable bonds is 5. The van der Waals surface area contributed by atoms with E-state index in [2.05, 4.69) is 21.8 Å². The quantitative estimate of drug-likeness (QED) is 0.685. The second-order valence-electron chi connectivity index (χ2n) is 7.77. The minimum Gasteiger partial charge on any atom is -0.462 e. The van der Waals surface area contributed by atoms with Gasteiger partial charge in [-0.15, -0.1) is 0 Å². The molecule has 4 heterocycles. The third-order valence-corrected chi connectivity index (χ3v) is 5.42. The summed E-state index contributed by atoms with van der Waals surface area (Å²) in [6, 6.07) is 5.69. The Hall–Kier alpha value is -2.73. The highest BCUT2D eigenvalue weighted by Crippen LogP contribution is 2.27. The molecular weight excluding hydrogens is 352 g/mol. The number of fused-ring (bicyclic) bond motifs is 1. The fraction of sp³-hybridized carbons (Fsp3) is 0.409. The monoisotopic (exact) mass is 378 g/mol. The molecule has 3 aromatic heterocycles. The highest BCUT2D eigenvalue weighted by atomic mass is 16.3. The largest absolute Gasteiger partial charge is 0.462 e. The van der Waals surface area contributed by atoms with E-state index in [1.807, 2.05) is 19.1 Å². The smallest absolute Gasteiger partial charge is 0.185 e. The maximum Gasteiger partial charge on any atom is 0.185 e. The number of anilines is 1. The Kier molecular flexibility index (Phi) is 5.13. The molecule has 2 N–H and O–H groups in total. The lowest BCUT2D eigenvalue weighted by Gasteiger charge is -2.37. The van der Waals surface area contributed by atoms with Crippen LogP contribution in [0.1, 0.15) is 41.9 Å². The summed E-state index contributed by atoms with van der Waals surface area (Å²) < 4.78 is 5.51. The van der Waals surface area contributed by atoms with E-state index < -0.39 is 0 Å². The van der Waals surface area contributed by atoms with Crippen LogP contribution < -0.4 is 10.6 Å². The maximum atomic E-state index is 13.0. The van der Waals surface area contributed by atoms with Gasteiger partial charge in [0.15, 0.2) is 11.4 Å². The Morgan fingerprint density at radius 1 is 1.29 bits per heavy atom. The molecule has 1 fully saturated rings. The van der Waals surface area contributed by atoms with E-state index >= 15 is 0 Å². The number of carbonyl (C=O) groups is 1. The van der Waals surface area contributed by atoms with E-state index in [1.165, 1.54) is 0 Å². The van der Waals surface area contributed by atoms with Crippen LogP contribution in [0.25, 0.3) is 11.1 Å². The van der Waals surface area contributed by atoms with Gasteiger partial charge in [-0.3, -0.25) is 9.78 Å². The zero-order valence-corrected chi connectivity index (χ0v) is 16.4. The van der Waals surface area contributed by atoms with Gasteiger partial charge in [0.2, 0.25) is 0 Å². The number of Topliss-reactive ketones (excluding diaryl/α,β-unsaturated/α-hetero) is 1. The van der Waals surface area contributed by atoms with Crippen LogP contribution in [0.2, 0.25) is 0 Å². The number of carbonyl (C=O) groups excluding carboxylic acids is 1. The first kappa shape index (κ1) is 18.6. The van der Waals surface area contributed by atoms with Gasteiger partial charge in [-0.1, -0.05) is 13.8 Å². The van der Waals surface area contributed by atoms with E-state index in [9.17, 15) is 4.79 Å². The molecule has 0 aromatic carbocycles. The molecule has 0 bridgehead atoms. The number of furan rings is 1. The van der Waals surface area contributed by atoms with Gasteiger partial charge >= 0.3 is 0 Å². The van der Waals surface area contributed by atoms with Crippen LogP contribution >= 0.6 is 0 Å². The van der Waals surface area contributed by atoms with Crippen molar-refractivity contribution in [3.63, 3.8) is 0 Å². The van der Waals surface area contributed by atoms with E-state index in [0.717, 1.165) is 48.3 Å². The van der Waals surface area contributed by atoms with Gasteiger partial charge in [0.05, 0.1) is 6.26 Å². The Morgan fingerprint density at radius 3 is 2.93 bits per heavy atom. The van der Waals surface area contributed by atoms with E-state index in [1.54, 1.807) is 24.7 Å². The predicted octanol–water partition coefficient (Wildman–Crippen LogP) is 3.38. The molecule has 6 heteroatoms. The van der Waals surface area contributed by atoms with Crippen molar-refractivity contribution in [1.29, 1.82) is 0 Å². The number of aromatic nitrogens is 2. The van der Waals surface area contributed by atoms with Crippen molar-refractivity contribution in [2.45, 2.75) is 39.2 Å². The molecule has 3 aromatic rings. The predicted molar refractivity (Wildman–Crippen MR) is 110 cm³/mol. The van der Waals surface area contributed by atoms with E-state index in [0.29, 0.717) is 17.2 Å². The summed E-state index contributed by atoms with van der Waals surface area (Å²) in [6.45, 7) is 6.01. The molecule has 146 valence electrons. The minimum absolute atomic E-state index is 0.0197. The topological polar surface area (TPSA) is 85.2 Å². The first-order valence-electron chi connectivity index (χ1n) is 9.89. The molecule has 1 aliphatic heterocycles. The van der Waals surface area contributed by atoms with Crippen molar-refractivity contribution in [2.24, 2.45) is 11.7 Å². The molecular formula is C22H26N4O2. The summed E-state index contributed by atoms with van der Waals surface area (Å²) >= 11 is 0. The summed E-state index contributed by atoms with van der Waals surface area (Å²) in [7, 11) is 0. The molecule has 4 rings (SSSR count). The lowest BCUT2D eigenvalue weighted by molar-refractivity contribution is 0.0988. The lowest BCUT2D eigenvalue weighted by Crippen LogP contribution is -2.46. The Labute approximate surface area is 164 Å². The van der Waals surface area contributed by atoms with Crippen LogP contribution in [-0.2, 0) is 12.8 Å². The van der Waals surface area contributed by atoms with Crippen LogP contribution in [0, 0.1) is 5.92 Å². The number of nitrogens with zero attached hydrogens (tertiary/aromatic N) is 3. The average molecular weight is 378 g/mol. The molecule has 6 nitrogen and oxygen atoms in total. The molecule has 0 unspecified atom stereocenters. The first-order valence-corrected chi connectivity index (χ1v) is 9.89. The van der Waals surface area contributed by atoms with Crippen molar-refractivity contribution in [3.05, 3.63) is 53.7 Å². The fourth-order valence-electron chi connectivity index (χ4n) is 4.09. The molecule has 2 atom stereocenters. The molecule has 28 heavy (non-hydrogen) atoms. The number of hydrogen-bond acceptors (Lipinski definition) is 6. The number of aryl methyl sites for hydroxylation is 1. The molecule has 0 amide bonds. The van der Waals surface area contributed by atoms with Gasteiger partial charge in [0.1, 0.15) is 11.2 Å².